The van der Waals surface area contributed by atoms with Gasteiger partial charge in [-0.1, -0.05) is 17.4 Å². The van der Waals surface area contributed by atoms with Crippen molar-refractivity contribution in [2.75, 3.05) is 19.5 Å². The molecule has 7 heteroatoms. The SMILES string of the molecule is COc1ccc(C=CC(=O)Nc2nc(C)c(C(C)=O)s2)cc1OC. The predicted octanol–water partition coefficient (Wildman–Crippen LogP) is 3.32. The fraction of sp³-hybridized carbons (Fsp3) is 0.235. The van der Waals surface area contributed by atoms with Crippen LogP contribution >= 0.6 is 11.3 Å². The van der Waals surface area contributed by atoms with Gasteiger partial charge >= 0.3 is 0 Å². The number of Topliss-reactive ketones (excluding diaryl/α,β-unsaturated/α-hetero) is 1. The number of ketones is 1. The first-order valence-corrected chi connectivity index (χ1v) is 7.95. The summed E-state index contributed by atoms with van der Waals surface area (Å²) in [6.07, 6.45) is 3.05. The Balaban J connectivity index is 2.08. The maximum Gasteiger partial charge on any atom is 0.250 e. The van der Waals surface area contributed by atoms with E-state index in [0.717, 1.165) is 5.56 Å². The summed E-state index contributed by atoms with van der Waals surface area (Å²) in [5.74, 6) is 0.816. The molecule has 0 saturated heterocycles. The molecule has 0 unspecified atom stereocenters. The Morgan fingerprint density at radius 1 is 1.21 bits per heavy atom. The Kier molecular flexibility index (Phi) is 5.70. The van der Waals surface area contributed by atoms with E-state index >= 15 is 0 Å². The normalized spacial score (nSPS) is 10.7. The fourth-order valence-electron chi connectivity index (χ4n) is 2.05. The number of anilines is 1. The van der Waals surface area contributed by atoms with Crippen LogP contribution in [0.5, 0.6) is 11.5 Å². The second-order valence-corrected chi connectivity index (χ2v) is 5.93. The van der Waals surface area contributed by atoms with E-state index in [1.807, 2.05) is 6.07 Å². The van der Waals surface area contributed by atoms with Crippen molar-refractivity contribution in [3.8, 4) is 11.5 Å². The van der Waals surface area contributed by atoms with Gasteiger partial charge in [-0.05, 0) is 30.7 Å². The fourth-order valence-corrected chi connectivity index (χ4v) is 2.92. The minimum atomic E-state index is -0.325. The minimum absolute atomic E-state index is 0.0635. The lowest BCUT2D eigenvalue weighted by molar-refractivity contribution is -0.111. The molecule has 126 valence electrons. The number of hydrogen-bond donors (Lipinski definition) is 1. The summed E-state index contributed by atoms with van der Waals surface area (Å²) in [6, 6.07) is 5.34. The number of thiazole rings is 1. The smallest absolute Gasteiger partial charge is 0.250 e. The molecule has 1 aromatic heterocycles. The largest absolute Gasteiger partial charge is 0.493 e. The molecule has 2 rings (SSSR count). The van der Waals surface area contributed by atoms with Gasteiger partial charge in [0.2, 0.25) is 5.91 Å². The molecule has 6 nitrogen and oxygen atoms in total. The van der Waals surface area contributed by atoms with Gasteiger partial charge in [-0.3, -0.25) is 14.9 Å². The Morgan fingerprint density at radius 3 is 2.50 bits per heavy atom. The molecule has 0 spiro atoms. The average Bonchev–Trinajstić information content (AvgIpc) is 2.93. The summed E-state index contributed by atoms with van der Waals surface area (Å²) < 4.78 is 10.4. The van der Waals surface area contributed by atoms with E-state index in [1.54, 1.807) is 39.4 Å². The van der Waals surface area contributed by atoms with Crippen molar-refractivity contribution in [1.82, 2.24) is 4.98 Å². The van der Waals surface area contributed by atoms with Gasteiger partial charge < -0.3 is 9.47 Å². The van der Waals surface area contributed by atoms with Crippen LogP contribution in [-0.2, 0) is 4.79 Å². The number of amides is 1. The first kappa shape index (κ1) is 17.7. The molecule has 0 atom stereocenters. The van der Waals surface area contributed by atoms with Gasteiger partial charge in [0.1, 0.15) is 0 Å². The molecule has 0 aliphatic heterocycles. The molecule has 0 bridgehead atoms. The van der Waals surface area contributed by atoms with Gasteiger partial charge in [-0.15, -0.1) is 0 Å². The van der Waals surface area contributed by atoms with Crippen LogP contribution in [0.1, 0.15) is 27.9 Å². The molecule has 0 saturated carbocycles. The summed E-state index contributed by atoms with van der Waals surface area (Å²) in [6.45, 7) is 3.21. The molecule has 0 radical (unpaired) electrons. The van der Waals surface area contributed by atoms with Crippen molar-refractivity contribution in [3.05, 3.63) is 40.4 Å². The van der Waals surface area contributed by atoms with E-state index in [1.165, 1.54) is 24.3 Å². The zero-order valence-electron chi connectivity index (χ0n) is 13.9. The number of carbonyl (C=O) groups is 2. The quantitative estimate of drug-likeness (QED) is 0.641. The Morgan fingerprint density at radius 2 is 1.92 bits per heavy atom. The highest BCUT2D eigenvalue weighted by Gasteiger charge is 2.12. The molecule has 0 aliphatic rings. The van der Waals surface area contributed by atoms with Crippen molar-refractivity contribution in [2.24, 2.45) is 0 Å². The molecule has 2 aromatic rings. The molecular weight excluding hydrogens is 328 g/mol. The molecule has 0 aliphatic carbocycles. The molecular formula is C17H18N2O4S. The van der Waals surface area contributed by atoms with E-state index in [0.29, 0.717) is 27.2 Å². The summed E-state index contributed by atoms with van der Waals surface area (Å²) in [4.78, 5) is 28.1. The van der Waals surface area contributed by atoms with Crippen LogP contribution in [0.15, 0.2) is 24.3 Å². The standard InChI is InChI=1S/C17H18N2O4S/c1-10-16(11(2)20)24-17(18-10)19-15(21)8-6-12-5-7-13(22-3)14(9-12)23-4/h5-9H,1-4H3,(H,18,19,21). The van der Waals surface area contributed by atoms with Crippen LogP contribution in [-0.4, -0.2) is 30.9 Å². The van der Waals surface area contributed by atoms with Crippen LogP contribution in [0.3, 0.4) is 0 Å². The summed E-state index contributed by atoms with van der Waals surface area (Å²) in [5, 5.41) is 3.06. The van der Waals surface area contributed by atoms with Crippen molar-refractivity contribution in [1.29, 1.82) is 0 Å². The molecule has 24 heavy (non-hydrogen) atoms. The number of aryl methyl sites for hydroxylation is 1. The predicted molar refractivity (Wildman–Crippen MR) is 94.1 cm³/mol. The van der Waals surface area contributed by atoms with Gasteiger partial charge in [0, 0.05) is 13.0 Å². The first-order valence-electron chi connectivity index (χ1n) is 7.14. The zero-order chi connectivity index (χ0) is 17.7. The Labute approximate surface area is 144 Å². The number of methoxy groups -OCH3 is 2. The van der Waals surface area contributed by atoms with Gasteiger partial charge in [0.25, 0.3) is 0 Å². The zero-order valence-corrected chi connectivity index (χ0v) is 14.7. The number of carbonyl (C=O) groups excluding carboxylic acids is 2. The van der Waals surface area contributed by atoms with Crippen molar-refractivity contribution in [2.45, 2.75) is 13.8 Å². The maximum atomic E-state index is 12.0. The van der Waals surface area contributed by atoms with Crippen LogP contribution < -0.4 is 14.8 Å². The topological polar surface area (TPSA) is 77.5 Å². The molecule has 1 N–H and O–H groups in total. The number of hydrogen-bond acceptors (Lipinski definition) is 6. The minimum Gasteiger partial charge on any atom is -0.493 e. The number of nitrogens with zero attached hydrogens (tertiary/aromatic N) is 1. The van der Waals surface area contributed by atoms with Gasteiger partial charge in [0.15, 0.2) is 22.4 Å². The lowest BCUT2D eigenvalue weighted by Crippen LogP contribution is -2.07. The summed E-state index contributed by atoms with van der Waals surface area (Å²) >= 11 is 1.17. The second kappa shape index (κ2) is 7.74. The highest BCUT2D eigenvalue weighted by molar-refractivity contribution is 7.17. The van der Waals surface area contributed by atoms with E-state index < -0.39 is 0 Å². The Bertz CT molecular complexity index is 796. The van der Waals surface area contributed by atoms with E-state index in [-0.39, 0.29) is 11.7 Å². The number of aromatic nitrogens is 1. The van der Waals surface area contributed by atoms with E-state index in [9.17, 15) is 9.59 Å². The van der Waals surface area contributed by atoms with Crippen LogP contribution in [0.4, 0.5) is 5.13 Å². The van der Waals surface area contributed by atoms with E-state index in [2.05, 4.69) is 10.3 Å². The van der Waals surface area contributed by atoms with Gasteiger partial charge in [-0.2, -0.15) is 0 Å². The molecule has 1 aromatic carbocycles. The molecule has 1 heterocycles. The van der Waals surface area contributed by atoms with Crippen LogP contribution in [0.2, 0.25) is 0 Å². The van der Waals surface area contributed by atoms with E-state index in [4.69, 9.17) is 9.47 Å². The lowest BCUT2D eigenvalue weighted by atomic mass is 10.2. The number of ether oxygens (including phenoxy) is 2. The van der Waals surface area contributed by atoms with Crippen molar-refractivity contribution in [3.63, 3.8) is 0 Å². The van der Waals surface area contributed by atoms with Crippen molar-refractivity contribution >= 4 is 34.2 Å². The van der Waals surface area contributed by atoms with Crippen LogP contribution in [0, 0.1) is 6.92 Å². The van der Waals surface area contributed by atoms with Gasteiger partial charge in [0.05, 0.1) is 24.8 Å². The molecule has 0 fully saturated rings. The number of nitrogens with one attached hydrogen (secondary N) is 1. The second-order valence-electron chi connectivity index (χ2n) is 4.93. The monoisotopic (exact) mass is 346 g/mol. The molecule has 1 amide bonds. The highest BCUT2D eigenvalue weighted by Crippen LogP contribution is 2.28. The third-order valence-electron chi connectivity index (χ3n) is 3.18. The maximum absolute atomic E-state index is 12.0. The number of benzene rings is 1. The summed E-state index contributed by atoms with van der Waals surface area (Å²) in [7, 11) is 3.11. The third kappa shape index (κ3) is 4.20. The number of rotatable bonds is 6. The van der Waals surface area contributed by atoms with Gasteiger partial charge in [-0.25, -0.2) is 4.98 Å². The van der Waals surface area contributed by atoms with Crippen molar-refractivity contribution < 1.29 is 19.1 Å². The van der Waals surface area contributed by atoms with Crippen LogP contribution in [0.25, 0.3) is 6.08 Å². The third-order valence-corrected chi connectivity index (χ3v) is 4.35. The average molecular weight is 346 g/mol. The summed E-state index contributed by atoms with van der Waals surface area (Å²) in [5.41, 5.74) is 1.41. The first-order chi connectivity index (χ1) is 11.4. The Hall–Kier alpha value is -2.67. The lowest BCUT2D eigenvalue weighted by Gasteiger charge is -2.07. The highest BCUT2D eigenvalue weighted by atomic mass is 32.1.